The summed E-state index contributed by atoms with van der Waals surface area (Å²) in [6.45, 7) is 5.26. The molecule has 6 nitrogen and oxygen atoms in total. The topological polar surface area (TPSA) is 69.9 Å². The van der Waals surface area contributed by atoms with E-state index in [0.29, 0.717) is 13.0 Å². The highest BCUT2D eigenvalue weighted by atomic mass is 127. The number of carbonyl (C=O) groups is 1. The minimum absolute atomic E-state index is 0. The first-order chi connectivity index (χ1) is 13.8. The predicted octanol–water partition coefficient (Wildman–Crippen LogP) is 4.10. The molecule has 1 aromatic heterocycles. The van der Waals surface area contributed by atoms with E-state index in [-0.39, 0.29) is 29.9 Å². The number of aliphatic imine (C=N–C) groups is 1. The number of guanidine groups is 1. The summed E-state index contributed by atoms with van der Waals surface area (Å²) in [5.41, 5.74) is 2.10. The molecule has 2 aromatic rings. The second-order valence-electron chi connectivity index (χ2n) is 7.02. The molecule has 7 heteroatoms. The van der Waals surface area contributed by atoms with Gasteiger partial charge in [-0.15, -0.1) is 24.0 Å². The number of amides is 1. The highest BCUT2D eigenvalue weighted by molar-refractivity contribution is 14.0. The van der Waals surface area contributed by atoms with Crippen molar-refractivity contribution in [3.8, 4) is 0 Å². The summed E-state index contributed by atoms with van der Waals surface area (Å²) in [4.78, 5) is 18.4. The number of anilines is 1. The normalized spacial score (nSPS) is 14.0. The van der Waals surface area contributed by atoms with Gasteiger partial charge in [0.2, 0.25) is 5.91 Å². The average Bonchev–Trinajstić information content (AvgIpc) is 3.38. The molecule has 1 aliphatic heterocycles. The van der Waals surface area contributed by atoms with Crippen LogP contribution >= 0.6 is 24.0 Å². The molecule has 0 saturated carbocycles. The van der Waals surface area contributed by atoms with Gasteiger partial charge in [-0.05, 0) is 42.7 Å². The Morgan fingerprint density at radius 1 is 1.17 bits per heavy atom. The molecular formula is C22H31IN4O2. The van der Waals surface area contributed by atoms with Gasteiger partial charge in [-0.3, -0.25) is 4.79 Å². The lowest BCUT2D eigenvalue weighted by molar-refractivity contribution is -0.117. The lowest BCUT2D eigenvalue weighted by Gasteiger charge is -2.16. The van der Waals surface area contributed by atoms with Crippen LogP contribution in [0.3, 0.4) is 0 Å². The summed E-state index contributed by atoms with van der Waals surface area (Å²) in [6.07, 6.45) is 6.37. The van der Waals surface area contributed by atoms with Gasteiger partial charge in [-0.2, -0.15) is 0 Å². The highest BCUT2D eigenvalue weighted by Gasteiger charge is 2.21. The molecule has 0 aliphatic carbocycles. The Bertz CT molecular complexity index is 760. The number of hydrogen-bond donors (Lipinski definition) is 2. The first-order valence-corrected chi connectivity index (χ1v) is 10.2. The Labute approximate surface area is 190 Å². The molecule has 29 heavy (non-hydrogen) atoms. The fraction of sp³-hybridized carbons (Fsp3) is 0.455. The minimum atomic E-state index is 0. The molecule has 1 fully saturated rings. The van der Waals surface area contributed by atoms with Crippen molar-refractivity contribution in [2.45, 2.75) is 45.6 Å². The second kappa shape index (κ2) is 12.5. The average molecular weight is 510 g/mol. The molecule has 1 amide bonds. The quantitative estimate of drug-likeness (QED) is 0.231. The van der Waals surface area contributed by atoms with Crippen molar-refractivity contribution in [2.75, 3.05) is 24.5 Å². The molecule has 3 rings (SSSR count). The zero-order chi connectivity index (χ0) is 19.6. The van der Waals surface area contributed by atoms with Crippen LogP contribution in [0.1, 0.15) is 43.9 Å². The number of furan rings is 1. The van der Waals surface area contributed by atoms with E-state index in [2.05, 4.69) is 29.7 Å². The van der Waals surface area contributed by atoms with E-state index in [1.165, 1.54) is 0 Å². The van der Waals surface area contributed by atoms with Crippen LogP contribution in [-0.4, -0.2) is 31.5 Å². The van der Waals surface area contributed by atoms with Crippen molar-refractivity contribution in [2.24, 2.45) is 4.99 Å². The van der Waals surface area contributed by atoms with Crippen LogP contribution in [0.25, 0.3) is 0 Å². The Hall–Kier alpha value is -2.03. The van der Waals surface area contributed by atoms with Gasteiger partial charge >= 0.3 is 0 Å². The Morgan fingerprint density at radius 2 is 1.97 bits per heavy atom. The summed E-state index contributed by atoms with van der Waals surface area (Å²) < 4.78 is 5.38. The van der Waals surface area contributed by atoms with E-state index in [1.807, 2.05) is 29.2 Å². The number of carbonyl (C=O) groups excluding carboxylic acids is 1. The fourth-order valence-corrected chi connectivity index (χ4v) is 3.19. The number of nitrogens with one attached hydrogen (secondary N) is 2. The molecule has 0 radical (unpaired) electrons. The number of hydrogen-bond acceptors (Lipinski definition) is 3. The van der Waals surface area contributed by atoms with Crippen molar-refractivity contribution in [1.82, 2.24) is 10.6 Å². The number of unbranched alkanes of at least 4 members (excludes halogenated alkanes) is 1. The van der Waals surface area contributed by atoms with E-state index in [9.17, 15) is 4.79 Å². The lowest BCUT2D eigenvalue weighted by Crippen LogP contribution is -2.38. The van der Waals surface area contributed by atoms with Crippen LogP contribution in [0, 0.1) is 0 Å². The first kappa shape index (κ1) is 23.3. The van der Waals surface area contributed by atoms with Crippen LogP contribution in [-0.2, 0) is 17.8 Å². The van der Waals surface area contributed by atoms with Crippen LogP contribution in [0.2, 0.25) is 0 Å². The molecule has 1 aromatic carbocycles. The number of benzene rings is 1. The molecule has 0 bridgehead atoms. The molecule has 2 N–H and O–H groups in total. The third kappa shape index (κ3) is 7.38. The van der Waals surface area contributed by atoms with Gasteiger partial charge in [0.1, 0.15) is 5.76 Å². The first-order valence-electron chi connectivity index (χ1n) is 10.2. The zero-order valence-electron chi connectivity index (χ0n) is 17.0. The van der Waals surface area contributed by atoms with Crippen molar-refractivity contribution >= 4 is 41.5 Å². The molecule has 1 aliphatic rings. The van der Waals surface area contributed by atoms with E-state index in [4.69, 9.17) is 9.41 Å². The Balaban J connectivity index is 0.00000300. The van der Waals surface area contributed by atoms with E-state index < -0.39 is 0 Å². The SMILES string of the molecule is CCCCNC(=NCc1ccc(N2CCCC2=O)cc1)NCCc1ccco1.I. The molecule has 1 saturated heterocycles. The van der Waals surface area contributed by atoms with Gasteiger partial charge in [0.15, 0.2) is 5.96 Å². The monoisotopic (exact) mass is 510 g/mol. The number of halogens is 1. The van der Waals surface area contributed by atoms with Gasteiger partial charge < -0.3 is 20.0 Å². The van der Waals surface area contributed by atoms with E-state index >= 15 is 0 Å². The summed E-state index contributed by atoms with van der Waals surface area (Å²) in [6, 6.07) is 12.0. The standard InChI is InChI=1S/C22H30N4O2.HI/c1-2-3-13-23-22(24-14-12-20-6-5-16-28-20)25-17-18-8-10-19(11-9-18)26-15-4-7-21(26)27;/h5-6,8-11,16H,2-4,7,12-15,17H2,1H3,(H2,23,24,25);1H. The molecule has 2 heterocycles. The van der Waals surface area contributed by atoms with Crippen molar-refractivity contribution in [3.05, 3.63) is 54.0 Å². The third-order valence-electron chi connectivity index (χ3n) is 4.81. The number of rotatable bonds is 9. The van der Waals surface area contributed by atoms with E-state index in [0.717, 1.165) is 68.3 Å². The van der Waals surface area contributed by atoms with Crippen LogP contribution in [0.15, 0.2) is 52.1 Å². The van der Waals surface area contributed by atoms with Crippen LogP contribution < -0.4 is 15.5 Å². The summed E-state index contributed by atoms with van der Waals surface area (Å²) in [5.74, 6) is 2.00. The molecule has 0 unspecified atom stereocenters. The van der Waals surface area contributed by atoms with Gasteiger partial charge in [-0.25, -0.2) is 4.99 Å². The van der Waals surface area contributed by atoms with Gasteiger partial charge in [0.25, 0.3) is 0 Å². The lowest BCUT2D eigenvalue weighted by atomic mass is 10.2. The van der Waals surface area contributed by atoms with Crippen molar-refractivity contribution in [3.63, 3.8) is 0 Å². The number of nitrogens with zero attached hydrogens (tertiary/aromatic N) is 2. The van der Waals surface area contributed by atoms with Crippen LogP contribution in [0.5, 0.6) is 0 Å². The Morgan fingerprint density at radius 3 is 2.62 bits per heavy atom. The largest absolute Gasteiger partial charge is 0.469 e. The minimum Gasteiger partial charge on any atom is -0.469 e. The maximum atomic E-state index is 11.9. The van der Waals surface area contributed by atoms with Crippen molar-refractivity contribution in [1.29, 1.82) is 0 Å². The van der Waals surface area contributed by atoms with Crippen molar-refractivity contribution < 1.29 is 9.21 Å². The van der Waals surface area contributed by atoms with Crippen LogP contribution in [0.4, 0.5) is 5.69 Å². The smallest absolute Gasteiger partial charge is 0.227 e. The maximum Gasteiger partial charge on any atom is 0.227 e. The zero-order valence-corrected chi connectivity index (χ0v) is 19.4. The summed E-state index contributed by atoms with van der Waals surface area (Å²) >= 11 is 0. The molecule has 158 valence electrons. The molecule has 0 atom stereocenters. The van der Waals surface area contributed by atoms with Gasteiger partial charge in [0, 0.05) is 38.2 Å². The summed E-state index contributed by atoms with van der Waals surface area (Å²) in [5, 5.41) is 6.76. The predicted molar refractivity (Wildman–Crippen MR) is 128 cm³/mol. The molecule has 0 spiro atoms. The van der Waals surface area contributed by atoms with Gasteiger partial charge in [0.05, 0.1) is 12.8 Å². The van der Waals surface area contributed by atoms with E-state index in [1.54, 1.807) is 6.26 Å². The maximum absolute atomic E-state index is 11.9. The highest BCUT2D eigenvalue weighted by Crippen LogP contribution is 2.21. The third-order valence-corrected chi connectivity index (χ3v) is 4.81. The van der Waals surface area contributed by atoms with Gasteiger partial charge in [-0.1, -0.05) is 25.5 Å². The Kier molecular flexibility index (Phi) is 10.0. The molecular weight excluding hydrogens is 479 g/mol. The fourth-order valence-electron chi connectivity index (χ4n) is 3.19. The second-order valence-corrected chi connectivity index (χ2v) is 7.02. The summed E-state index contributed by atoms with van der Waals surface area (Å²) in [7, 11) is 0.